The van der Waals surface area contributed by atoms with Crippen molar-refractivity contribution < 1.29 is 9.59 Å². The number of amides is 2. The Morgan fingerprint density at radius 1 is 0.838 bits per heavy atom. The number of carbonyl (C=O) groups excluding carboxylic acids is 2. The van der Waals surface area contributed by atoms with Gasteiger partial charge in [0.2, 0.25) is 5.91 Å². The summed E-state index contributed by atoms with van der Waals surface area (Å²) in [4.78, 5) is 34.0. The summed E-state index contributed by atoms with van der Waals surface area (Å²) in [6.45, 7) is 3.25. The minimum Gasteiger partial charge on any atom is -0.353 e. The number of halogens is 1. The lowest BCUT2D eigenvalue weighted by Gasteiger charge is -2.35. The molecule has 0 radical (unpaired) electrons. The Morgan fingerprint density at radius 3 is 2.41 bits per heavy atom. The predicted molar refractivity (Wildman–Crippen MR) is 148 cm³/mol. The predicted octanol–water partition coefficient (Wildman–Crippen LogP) is 4.75. The summed E-state index contributed by atoms with van der Waals surface area (Å²) in [6.07, 6.45) is 2.73. The second-order valence-corrected chi connectivity index (χ2v) is 9.70. The van der Waals surface area contributed by atoms with Crippen molar-refractivity contribution in [2.75, 3.05) is 37.6 Å². The van der Waals surface area contributed by atoms with Crippen LogP contribution in [0, 0.1) is 0 Å². The standard InChI is InChI=1S/C30H29ClN4O2/c31-27-7-3-4-22(19-27)12-13-32-30(37)26-10-11-28(33-21-26)34-14-16-35(17-15-34)29(36)20-23-8-9-24-5-1-2-6-25(24)18-23/h1-11,18-19,21H,12-17,20H2,(H,32,37). The Hall–Kier alpha value is -3.90. The van der Waals surface area contributed by atoms with E-state index in [-0.39, 0.29) is 11.8 Å². The summed E-state index contributed by atoms with van der Waals surface area (Å²) in [5.74, 6) is 0.815. The molecule has 6 nitrogen and oxygen atoms in total. The SMILES string of the molecule is O=C(NCCc1cccc(Cl)c1)c1ccc(N2CCN(C(=O)Cc3ccc4ccccc4c3)CC2)nc1. The molecule has 1 N–H and O–H groups in total. The topological polar surface area (TPSA) is 65.5 Å². The van der Waals surface area contributed by atoms with E-state index in [0.29, 0.717) is 56.2 Å². The smallest absolute Gasteiger partial charge is 0.252 e. The summed E-state index contributed by atoms with van der Waals surface area (Å²) >= 11 is 6.02. The Morgan fingerprint density at radius 2 is 1.65 bits per heavy atom. The lowest BCUT2D eigenvalue weighted by molar-refractivity contribution is -0.130. The number of hydrogen-bond acceptors (Lipinski definition) is 4. The number of benzene rings is 3. The quantitative estimate of drug-likeness (QED) is 0.388. The molecule has 3 aromatic carbocycles. The Bertz CT molecular complexity index is 1400. The van der Waals surface area contributed by atoms with Crippen LogP contribution in [0.3, 0.4) is 0 Å². The van der Waals surface area contributed by atoms with Crippen molar-refractivity contribution in [3.63, 3.8) is 0 Å². The van der Waals surface area contributed by atoms with E-state index < -0.39 is 0 Å². The highest BCUT2D eigenvalue weighted by Gasteiger charge is 2.22. The molecule has 1 aliphatic heterocycles. The number of pyridine rings is 1. The molecular weight excluding hydrogens is 484 g/mol. The van der Waals surface area contributed by atoms with E-state index in [0.717, 1.165) is 22.3 Å². The van der Waals surface area contributed by atoms with Crippen molar-refractivity contribution in [3.05, 3.63) is 107 Å². The zero-order chi connectivity index (χ0) is 25.6. The average molecular weight is 513 g/mol. The fourth-order valence-electron chi connectivity index (χ4n) is 4.64. The van der Waals surface area contributed by atoms with Gasteiger partial charge in [-0.1, -0.05) is 66.2 Å². The maximum absolute atomic E-state index is 12.9. The molecule has 37 heavy (non-hydrogen) atoms. The fourth-order valence-corrected chi connectivity index (χ4v) is 4.86. The van der Waals surface area contributed by atoms with Gasteiger partial charge in [0, 0.05) is 43.9 Å². The first-order valence-electron chi connectivity index (χ1n) is 12.5. The van der Waals surface area contributed by atoms with Crippen LogP contribution in [-0.2, 0) is 17.6 Å². The van der Waals surface area contributed by atoms with Gasteiger partial charge in [-0.2, -0.15) is 0 Å². The van der Waals surface area contributed by atoms with Gasteiger partial charge in [0.15, 0.2) is 0 Å². The van der Waals surface area contributed by atoms with Gasteiger partial charge < -0.3 is 15.1 Å². The third-order valence-electron chi connectivity index (χ3n) is 6.72. The summed E-state index contributed by atoms with van der Waals surface area (Å²) in [5, 5.41) is 5.96. The van der Waals surface area contributed by atoms with E-state index in [1.807, 2.05) is 53.4 Å². The molecule has 1 aliphatic rings. The van der Waals surface area contributed by atoms with Gasteiger partial charge in [0.05, 0.1) is 12.0 Å². The van der Waals surface area contributed by atoms with Crippen molar-refractivity contribution in [1.82, 2.24) is 15.2 Å². The van der Waals surface area contributed by atoms with Crippen LogP contribution in [0.1, 0.15) is 21.5 Å². The van der Waals surface area contributed by atoms with Gasteiger partial charge in [0.1, 0.15) is 5.82 Å². The first-order chi connectivity index (χ1) is 18.0. The molecule has 0 saturated carbocycles. The van der Waals surface area contributed by atoms with Crippen LogP contribution in [0.5, 0.6) is 0 Å². The fraction of sp³-hybridized carbons (Fsp3) is 0.233. The van der Waals surface area contributed by atoms with Crippen molar-refractivity contribution in [3.8, 4) is 0 Å². The van der Waals surface area contributed by atoms with Crippen LogP contribution < -0.4 is 10.2 Å². The number of nitrogens with zero attached hydrogens (tertiary/aromatic N) is 3. The van der Waals surface area contributed by atoms with E-state index in [1.54, 1.807) is 12.3 Å². The van der Waals surface area contributed by atoms with E-state index in [1.165, 1.54) is 5.39 Å². The monoisotopic (exact) mass is 512 g/mol. The number of rotatable bonds is 7. The summed E-state index contributed by atoms with van der Waals surface area (Å²) in [5.41, 5.74) is 2.64. The molecule has 188 valence electrons. The Kier molecular flexibility index (Phi) is 7.66. The van der Waals surface area contributed by atoms with Gasteiger partial charge in [-0.15, -0.1) is 0 Å². The van der Waals surface area contributed by atoms with Crippen LogP contribution in [0.4, 0.5) is 5.82 Å². The van der Waals surface area contributed by atoms with Gasteiger partial charge >= 0.3 is 0 Å². The van der Waals surface area contributed by atoms with Crippen molar-refractivity contribution in [1.29, 1.82) is 0 Å². The first-order valence-corrected chi connectivity index (χ1v) is 12.9. The van der Waals surface area contributed by atoms with Gasteiger partial charge in [-0.25, -0.2) is 4.98 Å². The molecule has 1 saturated heterocycles. The van der Waals surface area contributed by atoms with Gasteiger partial charge in [-0.3, -0.25) is 9.59 Å². The zero-order valence-electron chi connectivity index (χ0n) is 20.6. The highest BCUT2D eigenvalue weighted by Crippen LogP contribution is 2.18. The Labute approximate surface area is 221 Å². The molecule has 0 bridgehead atoms. The largest absolute Gasteiger partial charge is 0.353 e. The van der Waals surface area contributed by atoms with Crippen LogP contribution in [0.25, 0.3) is 10.8 Å². The zero-order valence-corrected chi connectivity index (χ0v) is 21.3. The van der Waals surface area contributed by atoms with Crippen LogP contribution in [0.15, 0.2) is 85.1 Å². The molecule has 4 aromatic rings. The van der Waals surface area contributed by atoms with Crippen LogP contribution in [-0.4, -0.2) is 54.4 Å². The van der Waals surface area contributed by atoms with Crippen LogP contribution in [0.2, 0.25) is 5.02 Å². The van der Waals surface area contributed by atoms with E-state index >= 15 is 0 Å². The molecule has 5 rings (SSSR count). The summed E-state index contributed by atoms with van der Waals surface area (Å²) < 4.78 is 0. The minimum atomic E-state index is -0.148. The number of hydrogen-bond donors (Lipinski definition) is 1. The second-order valence-electron chi connectivity index (χ2n) is 9.27. The van der Waals surface area contributed by atoms with Crippen LogP contribution >= 0.6 is 11.6 Å². The lowest BCUT2D eigenvalue weighted by atomic mass is 10.0. The molecule has 2 heterocycles. The van der Waals surface area contributed by atoms with E-state index in [9.17, 15) is 9.59 Å². The molecule has 1 aromatic heterocycles. The lowest BCUT2D eigenvalue weighted by Crippen LogP contribution is -2.49. The molecule has 1 fully saturated rings. The third kappa shape index (κ3) is 6.27. The third-order valence-corrected chi connectivity index (χ3v) is 6.96. The van der Waals surface area contributed by atoms with Gasteiger partial charge in [0.25, 0.3) is 5.91 Å². The number of carbonyl (C=O) groups is 2. The molecular formula is C30H29ClN4O2. The van der Waals surface area contributed by atoms with Crippen molar-refractivity contribution in [2.24, 2.45) is 0 Å². The minimum absolute atomic E-state index is 0.146. The summed E-state index contributed by atoms with van der Waals surface area (Å²) in [6, 6.07) is 25.7. The normalized spacial score (nSPS) is 13.5. The van der Waals surface area contributed by atoms with E-state index in [4.69, 9.17) is 11.6 Å². The molecule has 0 atom stereocenters. The highest BCUT2D eigenvalue weighted by atomic mass is 35.5. The second kappa shape index (κ2) is 11.4. The molecule has 7 heteroatoms. The van der Waals surface area contributed by atoms with Crippen molar-refractivity contribution in [2.45, 2.75) is 12.8 Å². The maximum atomic E-state index is 12.9. The number of piperazine rings is 1. The summed E-state index contributed by atoms with van der Waals surface area (Å²) in [7, 11) is 0. The van der Waals surface area contributed by atoms with E-state index in [2.05, 4.69) is 39.5 Å². The van der Waals surface area contributed by atoms with Crippen molar-refractivity contribution >= 4 is 40.0 Å². The number of nitrogens with one attached hydrogen (secondary N) is 1. The first kappa shape index (κ1) is 24.8. The highest BCUT2D eigenvalue weighted by molar-refractivity contribution is 6.30. The number of aromatic nitrogens is 1. The number of fused-ring (bicyclic) bond motifs is 1. The van der Waals surface area contributed by atoms with Gasteiger partial charge in [-0.05, 0) is 52.6 Å². The average Bonchev–Trinajstić information content (AvgIpc) is 2.93. The molecule has 0 aliphatic carbocycles. The molecule has 0 spiro atoms. The molecule has 0 unspecified atom stereocenters. The molecule has 2 amide bonds. The maximum Gasteiger partial charge on any atom is 0.252 e. The Balaban J connectivity index is 1.09. The number of anilines is 1.